The van der Waals surface area contributed by atoms with Crippen molar-refractivity contribution in [1.29, 1.82) is 0 Å². The predicted octanol–water partition coefficient (Wildman–Crippen LogP) is 0.884. The van der Waals surface area contributed by atoms with Gasteiger partial charge >= 0.3 is 0 Å². The first-order valence-corrected chi connectivity index (χ1v) is 7.47. The highest BCUT2D eigenvalue weighted by molar-refractivity contribution is 7.80. The van der Waals surface area contributed by atoms with Crippen LogP contribution in [-0.4, -0.2) is 59.5 Å². The van der Waals surface area contributed by atoms with E-state index < -0.39 is 0 Å². The van der Waals surface area contributed by atoms with Crippen LogP contribution in [0.4, 0.5) is 0 Å². The van der Waals surface area contributed by atoms with Crippen LogP contribution in [0.15, 0.2) is 30.3 Å². The van der Waals surface area contributed by atoms with E-state index in [1.165, 1.54) is 0 Å². The summed E-state index contributed by atoms with van der Waals surface area (Å²) in [5, 5.41) is 0. The number of carbonyl (C=O) groups excluding carboxylic acids is 1. The number of piperazine rings is 1. The van der Waals surface area contributed by atoms with E-state index in [1.807, 2.05) is 42.2 Å². The average molecular weight is 307 g/mol. The molecular weight excluding hydrogens is 286 g/mol. The first kappa shape index (κ1) is 15.7. The Kier molecular flexibility index (Phi) is 5.52. The Morgan fingerprint density at radius 2 is 1.90 bits per heavy atom. The fraction of sp³-hybridized carbons (Fsp3) is 0.467. The van der Waals surface area contributed by atoms with Crippen molar-refractivity contribution >= 4 is 23.1 Å². The summed E-state index contributed by atoms with van der Waals surface area (Å²) in [5.41, 5.74) is 5.66. The molecule has 5 nitrogen and oxygen atoms in total. The summed E-state index contributed by atoms with van der Waals surface area (Å²) in [5.74, 6) is 0.730. The number of hydrogen-bond acceptors (Lipinski definition) is 4. The van der Waals surface area contributed by atoms with Crippen LogP contribution in [-0.2, 0) is 4.79 Å². The molecule has 1 fully saturated rings. The van der Waals surface area contributed by atoms with E-state index in [1.54, 1.807) is 0 Å². The van der Waals surface area contributed by atoms with E-state index >= 15 is 0 Å². The number of thiocarbonyl (C=S) groups is 1. The van der Waals surface area contributed by atoms with Crippen LogP contribution in [0.2, 0.25) is 0 Å². The standard InChI is InChI=1S/C15H21N3O2S/c1-12(15(16)21)17-7-9-18(10-8-17)14(19)11-20-13-5-3-2-4-6-13/h2-6,12H,7-11H2,1H3,(H2,16,21). The third-order valence-corrected chi connectivity index (χ3v) is 4.07. The van der Waals surface area contributed by atoms with Gasteiger partial charge in [0.15, 0.2) is 6.61 Å². The second-order valence-electron chi connectivity index (χ2n) is 5.10. The maximum atomic E-state index is 12.1. The van der Waals surface area contributed by atoms with Gasteiger partial charge in [0.05, 0.1) is 11.0 Å². The summed E-state index contributed by atoms with van der Waals surface area (Å²) in [4.78, 5) is 16.6. The van der Waals surface area contributed by atoms with Gasteiger partial charge < -0.3 is 15.4 Å². The van der Waals surface area contributed by atoms with Gasteiger partial charge in [0.2, 0.25) is 0 Å². The lowest BCUT2D eigenvalue weighted by molar-refractivity contribution is -0.135. The van der Waals surface area contributed by atoms with Crippen LogP contribution in [0, 0.1) is 0 Å². The molecule has 1 aromatic rings. The molecule has 0 saturated carbocycles. The molecule has 1 aromatic carbocycles. The summed E-state index contributed by atoms with van der Waals surface area (Å²) >= 11 is 5.01. The van der Waals surface area contributed by atoms with Gasteiger partial charge in [-0.15, -0.1) is 0 Å². The van der Waals surface area contributed by atoms with Crippen molar-refractivity contribution in [1.82, 2.24) is 9.80 Å². The maximum absolute atomic E-state index is 12.1. The molecule has 1 saturated heterocycles. The smallest absolute Gasteiger partial charge is 0.260 e. The summed E-state index contributed by atoms with van der Waals surface area (Å²) in [6.07, 6.45) is 0. The van der Waals surface area contributed by atoms with Gasteiger partial charge in [-0.05, 0) is 19.1 Å². The number of para-hydroxylation sites is 1. The number of amides is 1. The number of ether oxygens (including phenoxy) is 1. The zero-order valence-corrected chi connectivity index (χ0v) is 13.0. The monoisotopic (exact) mass is 307 g/mol. The SMILES string of the molecule is CC(C(N)=S)N1CCN(C(=O)COc2ccccc2)CC1. The molecule has 1 unspecified atom stereocenters. The van der Waals surface area contributed by atoms with Gasteiger partial charge in [-0.25, -0.2) is 0 Å². The topological polar surface area (TPSA) is 58.8 Å². The van der Waals surface area contributed by atoms with E-state index in [9.17, 15) is 4.79 Å². The number of rotatable bonds is 5. The van der Waals surface area contributed by atoms with Crippen LogP contribution in [0.1, 0.15) is 6.92 Å². The minimum Gasteiger partial charge on any atom is -0.484 e. The Morgan fingerprint density at radius 3 is 2.48 bits per heavy atom. The van der Waals surface area contributed by atoms with E-state index in [-0.39, 0.29) is 18.6 Å². The molecule has 114 valence electrons. The molecule has 0 aromatic heterocycles. The highest BCUT2D eigenvalue weighted by Crippen LogP contribution is 2.10. The molecule has 0 bridgehead atoms. The molecule has 1 amide bonds. The molecule has 0 radical (unpaired) electrons. The average Bonchev–Trinajstić information content (AvgIpc) is 2.53. The van der Waals surface area contributed by atoms with Crippen molar-refractivity contribution in [3.05, 3.63) is 30.3 Å². The van der Waals surface area contributed by atoms with Crippen molar-refractivity contribution in [2.45, 2.75) is 13.0 Å². The van der Waals surface area contributed by atoms with Gasteiger partial charge in [0.25, 0.3) is 5.91 Å². The minimum atomic E-state index is 0.0153. The van der Waals surface area contributed by atoms with Crippen molar-refractivity contribution in [2.75, 3.05) is 32.8 Å². The summed E-state index contributed by atoms with van der Waals surface area (Å²) in [6, 6.07) is 9.45. The van der Waals surface area contributed by atoms with Gasteiger partial charge in [0, 0.05) is 26.2 Å². The molecule has 0 spiro atoms. The van der Waals surface area contributed by atoms with Crippen molar-refractivity contribution in [2.24, 2.45) is 5.73 Å². The number of nitrogens with two attached hydrogens (primary N) is 1. The first-order valence-electron chi connectivity index (χ1n) is 7.07. The quantitative estimate of drug-likeness (QED) is 0.819. The second-order valence-corrected chi connectivity index (χ2v) is 5.57. The second kappa shape index (κ2) is 7.38. The molecule has 2 N–H and O–H groups in total. The highest BCUT2D eigenvalue weighted by atomic mass is 32.1. The zero-order chi connectivity index (χ0) is 15.2. The van der Waals surface area contributed by atoms with Crippen LogP contribution in [0.3, 0.4) is 0 Å². The van der Waals surface area contributed by atoms with Crippen LogP contribution < -0.4 is 10.5 Å². The van der Waals surface area contributed by atoms with Crippen LogP contribution in [0.5, 0.6) is 5.75 Å². The summed E-state index contributed by atoms with van der Waals surface area (Å²) in [7, 11) is 0. The molecule has 21 heavy (non-hydrogen) atoms. The third-order valence-electron chi connectivity index (χ3n) is 3.73. The molecule has 2 rings (SSSR count). The Hall–Kier alpha value is -1.66. The molecule has 1 aliphatic rings. The van der Waals surface area contributed by atoms with Crippen LogP contribution in [0.25, 0.3) is 0 Å². The first-order chi connectivity index (χ1) is 10.1. The molecule has 6 heteroatoms. The number of nitrogens with zero attached hydrogens (tertiary/aromatic N) is 2. The highest BCUT2D eigenvalue weighted by Gasteiger charge is 2.25. The molecule has 1 aliphatic heterocycles. The Labute approximate surface area is 130 Å². The van der Waals surface area contributed by atoms with Gasteiger partial charge in [0.1, 0.15) is 5.75 Å². The van der Waals surface area contributed by atoms with Gasteiger partial charge in [-0.3, -0.25) is 9.69 Å². The third kappa shape index (κ3) is 4.41. The molecule has 0 aliphatic carbocycles. The number of carbonyl (C=O) groups is 1. The Morgan fingerprint density at radius 1 is 1.29 bits per heavy atom. The van der Waals surface area contributed by atoms with Crippen molar-refractivity contribution < 1.29 is 9.53 Å². The normalized spacial score (nSPS) is 17.3. The minimum absolute atomic E-state index is 0.0153. The Balaban J connectivity index is 1.77. The van der Waals surface area contributed by atoms with Gasteiger partial charge in [-0.2, -0.15) is 0 Å². The summed E-state index contributed by atoms with van der Waals surface area (Å²) < 4.78 is 5.49. The number of benzene rings is 1. The van der Waals surface area contributed by atoms with Crippen molar-refractivity contribution in [3.8, 4) is 5.75 Å². The summed E-state index contributed by atoms with van der Waals surface area (Å²) in [6.45, 7) is 5.02. The van der Waals surface area contributed by atoms with E-state index in [0.717, 1.165) is 13.1 Å². The fourth-order valence-electron chi connectivity index (χ4n) is 2.29. The largest absolute Gasteiger partial charge is 0.484 e. The lowest BCUT2D eigenvalue weighted by Gasteiger charge is -2.37. The van der Waals surface area contributed by atoms with E-state index in [2.05, 4.69) is 4.90 Å². The van der Waals surface area contributed by atoms with Crippen LogP contribution >= 0.6 is 12.2 Å². The predicted molar refractivity (Wildman–Crippen MR) is 86.3 cm³/mol. The van der Waals surface area contributed by atoms with Gasteiger partial charge in [-0.1, -0.05) is 30.4 Å². The fourth-order valence-corrected chi connectivity index (χ4v) is 2.44. The number of hydrogen-bond donors (Lipinski definition) is 1. The maximum Gasteiger partial charge on any atom is 0.260 e. The molecule has 1 atom stereocenters. The van der Waals surface area contributed by atoms with E-state index in [4.69, 9.17) is 22.7 Å². The van der Waals surface area contributed by atoms with E-state index in [0.29, 0.717) is 23.8 Å². The lowest BCUT2D eigenvalue weighted by atomic mass is 10.2. The molecule has 1 heterocycles. The zero-order valence-electron chi connectivity index (χ0n) is 12.2. The molecular formula is C15H21N3O2S. The van der Waals surface area contributed by atoms with Crippen molar-refractivity contribution in [3.63, 3.8) is 0 Å². The lowest BCUT2D eigenvalue weighted by Crippen LogP contribution is -2.54. The Bertz CT molecular complexity index is 487.